The Morgan fingerprint density at radius 3 is 2.06 bits per heavy atom. The number of amides is 2. The fraction of sp³-hybridized carbons (Fsp3) is 0.240. The molecule has 0 radical (unpaired) electrons. The van der Waals surface area contributed by atoms with Crippen molar-refractivity contribution in [2.24, 2.45) is 0 Å². The summed E-state index contributed by atoms with van der Waals surface area (Å²) in [5.41, 5.74) is 2.47. The summed E-state index contributed by atoms with van der Waals surface area (Å²) in [6.45, 7) is 2.17. The SMILES string of the molecule is CCNC(=O)Nc1ccc(N(C)C)c(CN(Cc2ccc(F)cc2)S(=O)(=O)c2ccc(F)cc2)c1. The summed E-state index contributed by atoms with van der Waals surface area (Å²) >= 11 is 0. The predicted octanol–water partition coefficient (Wildman–Crippen LogP) is 4.56. The van der Waals surface area contributed by atoms with Gasteiger partial charge in [-0.05, 0) is 72.6 Å². The van der Waals surface area contributed by atoms with Gasteiger partial charge >= 0.3 is 6.03 Å². The average molecular weight is 503 g/mol. The number of urea groups is 1. The molecule has 0 saturated heterocycles. The Kier molecular flexibility index (Phi) is 8.42. The molecule has 0 atom stereocenters. The van der Waals surface area contributed by atoms with Crippen molar-refractivity contribution in [3.63, 3.8) is 0 Å². The molecule has 35 heavy (non-hydrogen) atoms. The highest BCUT2D eigenvalue weighted by molar-refractivity contribution is 7.89. The second-order valence-corrected chi connectivity index (χ2v) is 10.0. The van der Waals surface area contributed by atoms with Gasteiger partial charge in [0.2, 0.25) is 10.0 Å². The lowest BCUT2D eigenvalue weighted by Crippen LogP contribution is -2.31. The summed E-state index contributed by atoms with van der Waals surface area (Å²) in [7, 11) is -0.401. The smallest absolute Gasteiger partial charge is 0.319 e. The Morgan fingerprint density at radius 2 is 1.49 bits per heavy atom. The minimum atomic E-state index is -4.06. The van der Waals surface area contributed by atoms with Gasteiger partial charge < -0.3 is 15.5 Å². The molecule has 0 aliphatic rings. The van der Waals surface area contributed by atoms with E-state index in [4.69, 9.17) is 0 Å². The molecule has 3 rings (SSSR count). The molecule has 7 nitrogen and oxygen atoms in total. The van der Waals surface area contributed by atoms with Crippen molar-refractivity contribution in [1.29, 1.82) is 0 Å². The summed E-state index contributed by atoms with van der Waals surface area (Å²) in [4.78, 5) is 13.8. The molecule has 0 unspecified atom stereocenters. The highest BCUT2D eigenvalue weighted by Gasteiger charge is 2.26. The van der Waals surface area contributed by atoms with Gasteiger partial charge in [-0.1, -0.05) is 12.1 Å². The van der Waals surface area contributed by atoms with Crippen molar-refractivity contribution in [2.45, 2.75) is 24.9 Å². The molecule has 0 aromatic heterocycles. The topological polar surface area (TPSA) is 81.8 Å². The van der Waals surface area contributed by atoms with E-state index in [0.717, 1.165) is 17.8 Å². The van der Waals surface area contributed by atoms with E-state index in [-0.39, 0.29) is 24.0 Å². The van der Waals surface area contributed by atoms with Gasteiger partial charge in [0.25, 0.3) is 0 Å². The van der Waals surface area contributed by atoms with E-state index < -0.39 is 21.7 Å². The third-order valence-corrected chi connectivity index (χ3v) is 7.03. The first kappa shape index (κ1) is 26.1. The normalized spacial score (nSPS) is 11.4. The molecule has 2 N–H and O–H groups in total. The molecule has 0 spiro atoms. The lowest BCUT2D eigenvalue weighted by molar-refractivity contribution is 0.252. The maximum atomic E-state index is 13.6. The second-order valence-electron chi connectivity index (χ2n) is 8.08. The molecule has 0 aliphatic carbocycles. The first-order chi connectivity index (χ1) is 16.6. The van der Waals surface area contributed by atoms with Crippen LogP contribution in [0.3, 0.4) is 0 Å². The molecule has 0 aliphatic heterocycles. The standard InChI is InChI=1S/C25H28F2N4O3S/c1-4-28-25(32)29-22-11-14-24(30(2)3)19(15-22)17-31(16-18-5-7-20(26)8-6-18)35(33,34)23-12-9-21(27)10-13-23/h5-15H,4,16-17H2,1-3H3,(H2,28,29,32). The van der Waals surface area contributed by atoms with Crippen LogP contribution in [-0.2, 0) is 23.1 Å². The maximum absolute atomic E-state index is 13.6. The monoisotopic (exact) mass is 502 g/mol. The van der Waals surface area contributed by atoms with Crippen LogP contribution in [0.5, 0.6) is 0 Å². The van der Waals surface area contributed by atoms with Crippen LogP contribution in [0.25, 0.3) is 0 Å². The van der Waals surface area contributed by atoms with Gasteiger partial charge in [0.15, 0.2) is 0 Å². The average Bonchev–Trinajstić information content (AvgIpc) is 2.80. The van der Waals surface area contributed by atoms with Crippen molar-refractivity contribution in [3.05, 3.63) is 89.5 Å². The van der Waals surface area contributed by atoms with Gasteiger partial charge in [0.05, 0.1) is 4.90 Å². The van der Waals surface area contributed by atoms with Gasteiger partial charge in [-0.3, -0.25) is 0 Å². The Bertz CT molecular complexity index is 1260. The molecule has 3 aromatic carbocycles. The summed E-state index contributed by atoms with van der Waals surface area (Å²) < 4.78 is 55.3. The number of benzene rings is 3. The largest absolute Gasteiger partial charge is 0.377 e. The Labute approximate surface area is 204 Å². The van der Waals surface area contributed by atoms with Crippen LogP contribution in [0.15, 0.2) is 71.6 Å². The zero-order valence-electron chi connectivity index (χ0n) is 19.8. The van der Waals surface area contributed by atoms with Crippen molar-refractivity contribution in [2.75, 3.05) is 30.9 Å². The van der Waals surface area contributed by atoms with Gasteiger partial charge in [0, 0.05) is 45.1 Å². The molecular weight excluding hydrogens is 474 g/mol. The molecule has 186 valence electrons. The first-order valence-electron chi connectivity index (χ1n) is 11.0. The van der Waals surface area contributed by atoms with Crippen LogP contribution in [0.4, 0.5) is 25.0 Å². The van der Waals surface area contributed by atoms with E-state index in [1.165, 1.54) is 40.7 Å². The lowest BCUT2D eigenvalue weighted by atomic mass is 10.1. The molecule has 0 saturated carbocycles. The molecule has 3 aromatic rings. The van der Waals surface area contributed by atoms with Crippen molar-refractivity contribution >= 4 is 27.4 Å². The van der Waals surface area contributed by atoms with Crippen molar-refractivity contribution in [1.82, 2.24) is 9.62 Å². The van der Waals surface area contributed by atoms with Gasteiger partial charge in [-0.25, -0.2) is 22.0 Å². The third kappa shape index (κ3) is 6.77. The van der Waals surface area contributed by atoms with Gasteiger partial charge in [0.1, 0.15) is 11.6 Å². The molecule has 0 bridgehead atoms. The number of halogens is 2. The summed E-state index contributed by atoms with van der Waals surface area (Å²) in [6.07, 6.45) is 0. The number of anilines is 2. The fourth-order valence-corrected chi connectivity index (χ4v) is 4.93. The number of sulfonamides is 1. The van der Waals surface area contributed by atoms with Crippen LogP contribution >= 0.6 is 0 Å². The van der Waals surface area contributed by atoms with E-state index in [9.17, 15) is 22.0 Å². The number of nitrogens with one attached hydrogen (secondary N) is 2. The molecule has 10 heteroatoms. The number of nitrogens with zero attached hydrogens (tertiary/aromatic N) is 2. The van der Waals surface area contributed by atoms with Gasteiger partial charge in [-0.2, -0.15) is 4.31 Å². The molecule has 2 amide bonds. The van der Waals surface area contributed by atoms with Crippen LogP contribution in [-0.4, -0.2) is 39.4 Å². The Hall–Kier alpha value is -3.50. The number of carbonyl (C=O) groups excluding carboxylic acids is 1. The fourth-order valence-electron chi connectivity index (χ4n) is 3.53. The zero-order chi connectivity index (χ0) is 25.6. The van der Waals surface area contributed by atoms with Gasteiger partial charge in [-0.15, -0.1) is 0 Å². The highest BCUT2D eigenvalue weighted by Crippen LogP contribution is 2.28. The highest BCUT2D eigenvalue weighted by atomic mass is 32.2. The predicted molar refractivity (Wildman–Crippen MR) is 133 cm³/mol. The molecular formula is C25H28F2N4O3S. The third-order valence-electron chi connectivity index (χ3n) is 5.23. The van der Waals surface area contributed by atoms with E-state index in [2.05, 4.69) is 10.6 Å². The summed E-state index contributed by atoms with van der Waals surface area (Å²) in [5, 5.41) is 5.39. The van der Waals surface area contributed by atoms with E-state index in [0.29, 0.717) is 23.4 Å². The van der Waals surface area contributed by atoms with E-state index in [1.54, 1.807) is 25.1 Å². The van der Waals surface area contributed by atoms with Crippen LogP contribution in [0, 0.1) is 11.6 Å². The van der Waals surface area contributed by atoms with Crippen LogP contribution in [0.1, 0.15) is 18.1 Å². The van der Waals surface area contributed by atoms with Crippen molar-refractivity contribution < 1.29 is 22.0 Å². The minimum Gasteiger partial charge on any atom is -0.377 e. The minimum absolute atomic E-state index is 0.0408. The summed E-state index contributed by atoms with van der Waals surface area (Å²) in [5.74, 6) is -0.978. The van der Waals surface area contributed by atoms with E-state index >= 15 is 0 Å². The Morgan fingerprint density at radius 1 is 0.886 bits per heavy atom. The number of carbonyl (C=O) groups is 1. The number of hydrogen-bond acceptors (Lipinski definition) is 4. The second kappa shape index (κ2) is 11.3. The zero-order valence-corrected chi connectivity index (χ0v) is 20.6. The Balaban J connectivity index is 2.03. The quantitative estimate of drug-likeness (QED) is 0.449. The lowest BCUT2D eigenvalue weighted by Gasteiger charge is -2.26. The molecule has 0 fully saturated rings. The molecule has 0 heterocycles. The number of rotatable bonds is 9. The van der Waals surface area contributed by atoms with E-state index in [1.807, 2.05) is 19.0 Å². The van der Waals surface area contributed by atoms with Crippen LogP contribution in [0.2, 0.25) is 0 Å². The van der Waals surface area contributed by atoms with Crippen LogP contribution < -0.4 is 15.5 Å². The number of hydrogen-bond donors (Lipinski definition) is 2. The summed E-state index contributed by atoms with van der Waals surface area (Å²) in [6, 6.07) is 15.0. The first-order valence-corrected chi connectivity index (χ1v) is 12.4. The van der Waals surface area contributed by atoms with Crippen molar-refractivity contribution in [3.8, 4) is 0 Å². The maximum Gasteiger partial charge on any atom is 0.319 e.